The first kappa shape index (κ1) is 22.6. The van der Waals surface area contributed by atoms with Crippen molar-refractivity contribution in [3.8, 4) is 11.3 Å². The number of aryl methyl sites for hydroxylation is 1. The molecule has 1 aliphatic heterocycles. The molecule has 2 aliphatic rings. The smallest absolute Gasteiger partial charge is 0.370 e. The Bertz CT molecular complexity index is 1490. The van der Waals surface area contributed by atoms with Crippen LogP contribution < -0.4 is 10.5 Å². The number of aromatic nitrogens is 7. The lowest BCUT2D eigenvalue weighted by Crippen LogP contribution is -2.39. The van der Waals surface area contributed by atoms with Gasteiger partial charge in [-0.25, -0.2) is 14.6 Å². The van der Waals surface area contributed by atoms with Crippen molar-refractivity contribution in [1.29, 1.82) is 0 Å². The molecular formula is C23H21F3N8O2. The zero-order valence-electron chi connectivity index (χ0n) is 19.2. The molecule has 186 valence electrons. The zero-order chi connectivity index (χ0) is 25.0. The van der Waals surface area contributed by atoms with Crippen molar-refractivity contribution >= 4 is 16.9 Å². The van der Waals surface area contributed by atoms with Gasteiger partial charge in [0.25, 0.3) is 5.56 Å². The average molecular weight is 498 g/mol. The normalized spacial score (nSPS) is 18.7. The maximum Gasteiger partial charge on any atom is 0.433 e. The molecule has 0 radical (unpaired) electrons. The van der Waals surface area contributed by atoms with Crippen molar-refractivity contribution in [1.82, 2.24) is 34.5 Å². The Balaban J connectivity index is 1.40. The number of nitrogens with zero attached hydrogens (tertiary/aromatic N) is 8. The lowest BCUT2D eigenvalue weighted by atomic mass is 10.1. The van der Waals surface area contributed by atoms with Crippen molar-refractivity contribution in [2.24, 2.45) is 7.05 Å². The molecule has 1 saturated carbocycles. The third-order valence-corrected chi connectivity index (χ3v) is 6.38. The first-order valence-electron chi connectivity index (χ1n) is 11.5. The van der Waals surface area contributed by atoms with E-state index in [-0.39, 0.29) is 23.3 Å². The van der Waals surface area contributed by atoms with E-state index in [0.29, 0.717) is 36.7 Å². The highest BCUT2D eigenvalue weighted by atomic mass is 19.4. The summed E-state index contributed by atoms with van der Waals surface area (Å²) in [4.78, 5) is 27.5. The van der Waals surface area contributed by atoms with Gasteiger partial charge in [0.2, 0.25) is 5.95 Å². The molecule has 1 unspecified atom stereocenters. The molecule has 4 aromatic heterocycles. The Morgan fingerprint density at radius 2 is 1.92 bits per heavy atom. The van der Waals surface area contributed by atoms with Crippen LogP contribution in [0.15, 0.2) is 41.7 Å². The van der Waals surface area contributed by atoms with Gasteiger partial charge in [-0.1, -0.05) is 0 Å². The van der Waals surface area contributed by atoms with Crippen LogP contribution in [0.1, 0.15) is 36.2 Å². The Kier molecular flexibility index (Phi) is 5.25. The first-order chi connectivity index (χ1) is 17.3. The molecule has 0 bridgehead atoms. The molecule has 10 nitrogen and oxygen atoms in total. The molecule has 1 aliphatic carbocycles. The third kappa shape index (κ3) is 4.08. The van der Waals surface area contributed by atoms with Crippen LogP contribution in [0.25, 0.3) is 22.2 Å². The van der Waals surface area contributed by atoms with Crippen LogP contribution in [0.2, 0.25) is 0 Å². The van der Waals surface area contributed by atoms with E-state index >= 15 is 0 Å². The number of rotatable bonds is 4. The van der Waals surface area contributed by atoms with Gasteiger partial charge in [0, 0.05) is 37.1 Å². The van der Waals surface area contributed by atoms with Crippen molar-refractivity contribution < 1.29 is 17.9 Å². The summed E-state index contributed by atoms with van der Waals surface area (Å²) in [6.45, 7) is 1.32. The average Bonchev–Trinajstić information content (AvgIpc) is 3.61. The van der Waals surface area contributed by atoms with Gasteiger partial charge in [-0.15, -0.1) is 0 Å². The van der Waals surface area contributed by atoms with Crippen molar-refractivity contribution in [3.63, 3.8) is 0 Å². The minimum Gasteiger partial charge on any atom is -0.370 e. The van der Waals surface area contributed by atoms with E-state index in [1.54, 1.807) is 6.20 Å². The Hall–Kier alpha value is -3.87. The van der Waals surface area contributed by atoms with Gasteiger partial charge in [0.15, 0.2) is 0 Å². The number of hydrogen-bond acceptors (Lipinski definition) is 8. The van der Waals surface area contributed by atoms with E-state index in [4.69, 9.17) is 4.74 Å². The molecule has 0 N–H and O–H groups in total. The molecule has 1 saturated heterocycles. The summed E-state index contributed by atoms with van der Waals surface area (Å²) in [6.07, 6.45) is 3.74. The molecule has 5 heterocycles. The Morgan fingerprint density at radius 1 is 1.08 bits per heavy atom. The number of anilines is 1. The first-order valence-corrected chi connectivity index (χ1v) is 11.5. The molecule has 0 aromatic carbocycles. The second kappa shape index (κ2) is 8.36. The van der Waals surface area contributed by atoms with Gasteiger partial charge in [0.1, 0.15) is 17.3 Å². The summed E-state index contributed by atoms with van der Waals surface area (Å²) in [5.74, 6) is 0.281. The molecule has 36 heavy (non-hydrogen) atoms. The summed E-state index contributed by atoms with van der Waals surface area (Å²) in [5.41, 5.74) is 0.222. The largest absolute Gasteiger partial charge is 0.433 e. The van der Waals surface area contributed by atoms with E-state index in [9.17, 15) is 18.0 Å². The number of pyridine rings is 1. The monoisotopic (exact) mass is 498 g/mol. The molecule has 4 aromatic rings. The quantitative estimate of drug-likeness (QED) is 0.423. The van der Waals surface area contributed by atoms with E-state index in [1.165, 1.54) is 19.3 Å². The van der Waals surface area contributed by atoms with Crippen LogP contribution in [-0.4, -0.2) is 54.2 Å². The minimum absolute atomic E-state index is 0.122. The van der Waals surface area contributed by atoms with Gasteiger partial charge in [-0.05, 0) is 25.0 Å². The molecule has 0 spiro atoms. The van der Waals surface area contributed by atoms with Gasteiger partial charge in [0.05, 0.1) is 42.7 Å². The summed E-state index contributed by atoms with van der Waals surface area (Å²) in [6, 6.07) is 2.62. The number of hydrogen-bond donors (Lipinski definition) is 0. The predicted octanol–water partition coefficient (Wildman–Crippen LogP) is 2.91. The van der Waals surface area contributed by atoms with Gasteiger partial charge in [-0.3, -0.25) is 14.5 Å². The van der Waals surface area contributed by atoms with E-state index in [2.05, 4.69) is 25.1 Å². The van der Waals surface area contributed by atoms with Crippen molar-refractivity contribution in [2.75, 3.05) is 24.6 Å². The fourth-order valence-electron chi connectivity index (χ4n) is 4.25. The van der Waals surface area contributed by atoms with E-state index in [1.807, 2.05) is 15.8 Å². The lowest BCUT2D eigenvalue weighted by Gasteiger charge is -2.32. The van der Waals surface area contributed by atoms with Crippen LogP contribution in [0.3, 0.4) is 0 Å². The third-order valence-electron chi connectivity index (χ3n) is 6.38. The Labute approximate surface area is 202 Å². The standard InChI is InChI=1S/C23H21F3N8O2/c1-32-21(35)20-16(10-28-32)19(13-2-5-18(27-8-13)23(24,25)26)30-22(31-20)33-6-7-36-17(12-33)14-9-29-34(11-14)15-3-4-15/h2,5,8-11,15,17H,3-4,6-7,12H2,1H3. The molecule has 6 rings (SSSR count). The summed E-state index contributed by atoms with van der Waals surface area (Å²) in [7, 11) is 1.51. The van der Waals surface area contributed by atoms with Crippen LogP contribution in [0.4, 0.5) is 19.1 Å². The van der Waals surface area contributed by atoms with Gasteiger partial charge < -0.3 is 9.64 Å². The highest BCUT2D eigenvalue weighted by Crippen LogP contribution is 2.36. The molecule has 1 atom stereocenters. The summed E-state index contributed by atoms with van der Waals surface area (Å²) >= 11 is 0. The van der Waals surface area contributed by atoms with Crippen molar-refractivity contribution in [2.45, 2.75) is 31.2 Å². The molecule has 13 heteroatoms. The SMILES string of the molecule is Cn1ncc2c(-c3ccc(C(F)(F)F)nc3)nc(N3CCOC(c4cnn(C5CC5)c4)C3)nc2c1=O. The van der Waals surface area contributed by atoms with Crippen molar-refractivity contribution in [3.05, 3.63) is 58.5 Å². The highest BCUT2D eigenvalue weighted by Gasteiger charge is 2.33. The van der Waals surface area contributed by atoms with Crippen LogP contribution in [0, 0.1) is 0 Å². The fourth-order valence-corrected chi connectivity index (χ4v) is 4.25. The topological polar surface area (TPSA) is 104 Å². The second-order valence-electron chi connectivity index (χ2n) is 8.93. The summed E-state index contributed by atoms with van der Waals surface area (Å²) < 4.78 is 48.2. The second-order valence-corrected chi connectivity index (χ2v) is 8.93. The minimum atomic E-state index is -4.56. The number of fused-ring (bicyclic) bond motifs is 1. The highest BCUT2D eigenvalue weighted by molar-refractivity contribution is 5.91. The predicted molar refractivity (Wildman–Crippen MR) is 122 cm³/mol. The number of morpholine rings is 1. The van der Waals surface area contributed by atoms with Crippen LogP contribution >= 0.6 is 0 Å². The maximum atomic E-state index is 13.0. The maximum absolute atomic E-state index is 13.0. The van der Waals surface area contributed by atoms with E-state index < -0.39 is 17.4 Å². The Morgan fingerprint density at radius 3 is 2.64 bits per heavy atom. The fraction of sp³-hybridized carbons (Fsp3) is 0.391. The zero-order valence-corrected chi connectivity index (χ0v) is 19.2. The molecule has 2 fully saturated rings. The lowest BCUT2D eigenvalue weighted by molar-refractivity contribution is -0.141. The number of ether oxygens (including phenoxy) is 1. The molecular weight excluding hydrogens is 477 g/mol. The van der Waals surface area contributed by atoms with Gasteiger partial charge >= 0.3 is 6.18 Å². The number of alkyl halides is 3. The summed E-state index contributed by atoms with van der Waals surface area (Å²) in [5, 5.41) is 8.82. The molecule has 0 amide bonds. The van der Waals surface area contributed by atoms with Crippen LogP contribution in [-0.2, 0) is 18.0 Å². The van der Waals surface area contributed by atoms with Crippen LogP contribution in [0.5, 0.6) is 0 Å². The van der Waals surface area contributed by atoms with E-state index in [0.717, 1.165) is 35.4 Å². The van der Waals surface area contributed by atoms with Gasteiger partial charge in [-0.2, -0.15) is 23.4 Å². The number of halogens is 3.